The molecule has 0 saturated carbocycles. The van der Waals surface area contributed by atoms with Crippen LogP contribution in [0.15, 0.2) is 29.1 Å². The molecule has 0 aliphatic carbocycles. The fraction of sp³-hybridized carbons (Fsp3) is 0.167. The van der Waals surface area contributed by atoms with Crippen LogP contribution in [-0.4, -0.2) is 20.9 Å². The second-order valence-corrected chi connectivity index (χ2v) is 4.71. The molecule has 104 valence electrons. The number of nitrogens with zero attached hydrogens (tertiary/aromatic N) is 3. The molecule has 8 heteroatoms. The van der Waals surface area contributed by atoms with Crippen LogP contribution < -0.4 is 10.6 Å². The van der Waals surface area contributed by atoms with Gasteiger partial charge in [-0.25, -0.2) is 15.0 Å². The van der Waals surface area contributed by atoms with E-state index in [0.717, 1.165) is 11.9 Å². The second kappa shape index (κ2) is 6.38. The fourth-order valence-corrected chi connectivity index (χ4v) is 1.79. The molecule has 0 aliphatic rings. The summed E-state index contributed by atoms with van der Waals surface area (Å²) in [4.78, 5) is 22.3. The van der Waals surface area contributed by atoms with Gasteiger partial charge < -0.3 is 10.6 Å². The first-order valence-electron chi connectivity index (χ1n) is 5.68. The van der Waals surface area contributed by atoms with Crippen molar-refractivity contribution < 1.29 is 9.18 Å². The maximum Gasteiger partial charge on any atom is 0.232 e. The van der Waals surface area contributed by atoms with Crippen molar-refractivity contribution in [2.24, 2.45) is 0 Å². The maximum absolute atomic E-state index is 13.2. The molecule has 0 aliphatic heterocycles. The standard InChI is InChI=1S/C12H11BrFN5O/c1-7(20)19-9-3-2-8(4-15-9)5-16-12-10(13)11(14)17-6-18-12/h2-4,6H,5H2,1H3,(H,15,19,20)(H,16,17,18). The zero-order valence-electron chi connectivity index (χ0n) is 10.5. The lowest BCUT2D eigenvalue weighted by molar-refractivity contribution is -0.114. The van der Waals surface area contributed by atoms with Crippen LogP contribution in [0.1, 0.15) is 12.5 Å². The molecule has 2 rings (SSSR count). The number of anilines is 2. The summed E-state index contributed by atoms with van der Waals surface area (Å²) in [6.45, 7) is 1.83. The molecule has 0 atom stereocenters. The van der Waals surface area contributed by atoms with Crippen molar-refractivity contribution in [3.63, 3.8) is 0 Å². The van der Waals surface area contributed by atoms with Crippen molar-refractivity contribution in [3.8, 4) is 0 Å². The Hall–Kier alpha value is -2.09. The Morgan fingerprint density at radius 1 is 1.35 bits per heavy atom. The van der Waals surface area contributed by atoms with Gasteiger partial charge in [0.2, 0.25) is 11.9 Å². The highest BCUT2D eigenvalue weighted by atomic mass is 79.9. The minimum atomic E-state index is -0.623. The minimum absolute atomic E-state index is 0.177. The first kappa shape index (κ1) is 14.3. The van der Waals surface area contributed by atoms with Crippen LogP contribution in [0.2, 0.25) is 0 Å². The number of pyridine rings is 1. The number of amides is 1. The summed E-state index contributed by atoms with van der Waals surface area (Å²) in [6, 6.07) is 3.49. The van der Waals surface area contributed by atoms with Crippen LogP contribution in [0.5, 0.6) is 0 Å². The quantitative estimate of drug-likeness (QED) is 0.835. The third-order valence-corrected chi connectivity index (χ3v) is 3.04. The third kappa shape index (κ3) is 3.70. The van der Waals surface area contributed by atoms with Gasteiger partial charge in [-0.05, 0) is 27.6 Å². The molecule has 2 aromatic heterocycles. The molecule has 2 N–H and O–H groups in total. The molecular formula is C12H11BrFN5O. The Labute approximate surface area is 123 Å². The summed E-state index contributed by atoms with van der Waals surface area (Å²) >= 11 is 3.07. The SMILES string of the molecule is CC(=O)Nc1ccc(CNc2ncnc(F)c2Br)cn1. The van der Waals surface area contributed by atoms with Crippen molar-refractivity contribution in [1.29, 1.82) is 0 Å². The molecule has 2 aromatic rings. The Balaban J connectivity index is 2.00. The van der Waals surface area contributed by atoms with Crippen LogP contribution in [-0.2, 0) is 11.3 Å². The first-order chi connectivity index (χ1) is 9.56. The van der Waals surface area contributed by atoms with Gasteiger partial charge >= 0.3 is 0 Å². The summed E-state index contributed by atoms with van der Waals surface area (Å²) in [5, 5.41) is 5.54. The predicted octanol–water partition coefficient (Wildman–Crippen LogP) is 2.34. The normalized spacial score (nSPS) is 10.2. The van der Waals surface area contributed by atoms with Crippen molar-refractivity contribution in [3.05, 3.63) is 40.6 Å². The summed E-state index contributed by atoms with van der Waals surface area (Å²) in [5.74, 6) is 0.0457. The van der Waals surface area contributed by atoms with E-state index in [9.17, 15) is 9.18 Å². The topological polar surface area (TPSA) is 79.8 Å². The van der Waals surface area contributed by atoms with Crippen LogP contribution >= 0.6 is 15.9 Å². The zero-order valence-corrected chi connectivity index (χ0v) is 12.1. The van der Waals surface area contributed by atoms with E-state index in [2.05, 4.69) is 41.5 Å². The lowest BCUT2D eigenvalue weighted by Crippen LogP contribution is -2.08. The molecule has 1 amide bonds. The Bertz CT molecular complexity index is 620. The number of nitrogens with one attached hydrogen (secondary N) is 2. The molecule has 0 unspecified atom stereocenters. The van der Waals surface area contributed by atoms with Crippen LogP contribution in [0.3, 0.4) is 0 Å². The van der Waals surface area contributed by atoms with Crippen molar-refractivity contribution >= 4 is 33.5 Å². The number of halogens is 2. The highest BCUT2D eigenvalue weighted by molar-refractivity contribution is 9.10. The monoisotopic (exact) mass is 339 g/mol. The first-order valence-corrected chi connectivity index (χ1v) is 6.48. The number of rotatable bonds is 4. The highest BCUT2D eigenvalue weighted by Gasteiger charge is 2.07. The third-order valence-electron chi connectivity index (χ3n) is 2.34. The van der Waals surface area contributed by atoms with Gasteiger partial charge in [0.25, 0.3) is 0 Å². The second-order valence-electron chi connectivity index (χ2n) is 3.91. The molecule has 0 spiro atoms. The number of carbonyl (C=O) groups excluding carboxylic acids is 1. The summed E-state index contributed by atoms with van der Waals surface area (Å²) in [5.41, 5.74) is 0.866. The van der Waals surface area contributed by atoms with E-state index < -0.39 is 5.95 Å². The molecule has 2 heterocycles. The number of hydrogen-bond acceptors (Lipinski definition) is 5. The Morgan fingerprint density at radius 2 is 2.15 bits per heavy atom. The minimum Gasteiger partial charge on any atom is -0.365 e. The van der Waals surface area contributed by atoms with Crippen molar-refractivity contribution in [2.45, 2.75) is 13.5 Å². The molecule has 0 bridgehead atoms. The van der Waals surface area contributed by atoms with E-state index >= 15 is 0 Å². The van der Waals surface area contributed by atoms with Crippen LogP contribution in [0, 0.1) is 5.95 Å². The largest absolute Gasteiger partial charge is 0.365 e. The van der Waals surface area contributed by atoms with E-state index in [1.165, 1.54) is 6.92 Å². The molecule has 0 radical (unpaired) electrons. The van der Waals surface area contributed by atoms with Gasteiger partial charge in [-0.15, -0.1) is 0 Å². The predicted molar refractivity (Wildman–Crippen MR) is 75.6 cm³/mol. The van der Waals surface area contributed by atoms with Gasteiger partial charge in [-0.1, -0.05) is 6.07 Å². The fourth-order valence-electron chi connectivity index (χ4n) is 1.44. The van der Waals surface area contributed by atoms with E-state index in [0.29, 0.717) is 18.2 Å². The van der Waals surface area contributed by atoms with Gasteiger partial charge in [-0.3, -0.25) is 4.79 Å². The Kier molecular flexibility index (Phi) is 4.57. The summed E-state index contributed by atoms with van der Waals surface area (Å²) in [7, 11) is 0. The van der Waals surface area contributed by atoms with Crippen molar-refractivity contribution in [1.82, 2.24) is 15.0 Å². The average molecular weight is 340 g/mol. The summed E-state index contributed by atoms with van der Waals surface area (Å²) < 4.78 is 13.4. The van der Waals surface area contributed by atoms with Gasteiger partial charge in [0, 0.05) is 19.7 Å². The summed E-state index contributed by atoms with van der Waals surface area (Å²) in [6.07, 6.45) is 2.75. The number of aromatic nitrogens is 3. The molecule has 6 nitrogen and oxygen atoms in total. The number of carbonyl (C=O) groups is 1. The number of hydrogen-bond donors (Lipinski definition) is 2. The molecule has 0 fully saturated rings. The smallest absolute Gasteiger partial charge is 0.232 e. The average Bonchev–Trinajstić information content (AvgIpc) is 2.41. The lowest BCUT2D eigenvalue weighted by Gasteiger charge is -2.08. The molecular weight excluding hydrogens is 329 g/mol. The molecule has 0 aromatic carbocycles. The van der Waals surface area contributed by atoms with E-state index in [4.69, 9.17) is 0 Å². The molecule has 0 saturated heterocycles. The maximum atomic E-state index is 13.2. The van der Waals surface area contributed by atoms with E-state index in [-0.39, 0.29) is 10.4 Å². The van der Waals surface area contributed by atoms with Gasteiger partial charge in [0.05, 0.1) is 0 Å². The van der Waals surface area contributed by atoms with Gasteiger partial charge in [0.15, 0.2) is 0 Å². The van der Waals surface area contributed by atoms with Gasteiger partial charge in [-0.2, -0.15) is 4.39 Å². The molecule has 20 heavy (non-hydrogen) atoms. The zero-order chi connectivity index (χ0) is 14.5. The van der Waals surface area contributed by atoms with Crippen LogP contribution in [0.25, 0.3) is 0 Å². The van der Waals surface area contributed by atoms with Crippen molar-refractivity contribution in [2.75, 3.05) is 10.6 Å². The van der Waals surface area contributed by atoms with E-state index in [1.807, 2.05) is 0 Å². The Morgan fingerprint density at radius 3 is 2.80 bits per heavy atom. The van der Waals surface area contributed by atoms with Crippen LogP contribution in [0.4, 0.5) is 16.0 Å². The lowest BCUT2D eigenvalue weighted by atomic mass is 10.3. The van der Waals surface area contributed by atoms with E-state index in [1.54, 1.807) is 18.3 Å². The van der Waals surface area contributed by atoms with Gasteiger partial charge in [0.1, 0.15) is 22.4 Å². The highest BCUT2D eigenvalue weighted by Crippen LogP contribution is 2.21.